The quantitative estimate of drug-likeness (QED) is 0.490. The highest BCUT2D eigenvalue weighted by atomic mass is 14.9. The predicted molar refractivity (Wildman–Crippen MR) is 54.0 cm³/mol. The van der Waals surface area contributed by atoms with E-state index in [-0.39, 0.29) is 5.54 Å². The van der Waals surface area contributed by atoms with E-state index in [1.54, 1.807) is 0 Å². The topological polar surface area (TPSA) is 64.1 Å². The number of hydrogen-bond acceptors (Lipinski definition) is 3. The zero-order valence-corrected chi connectivity index (χ0v) is 8.40. The smallest absolute Gasteiger partial charge is 0.0137 e. The van der Waals surface area contributed by atoms with Crippen LogP contribution in [0.5, 0.6) is 0 Å². The average molecular weight is 173 g/mol. The van der Waals surface area contributed by atoms with Crippen molar-refractivity contribution >= 4 is 0 Å². The summed E-state index contributed by atoms with van der Waals surface area (Å²) in [5, 5.41) is 3.46. The predicted octanol–water partition coefficient (Wildman–Crippen LogP) is 0.442. The lowest BCUT2D eigenvalue weighted by molar-refractivity contribution is 0.364. The summed E-state index contributed by atoms with van der Waals surface area (Å²) in [5.74, 6) is 0. The second-order valence-corrected chi connectivity index (χ2v) is 3.85. The third kappa shape index (κ3) is 6.58. The van der Waals surface area contributed by atoms with E-state index in [1.807, 2.05) is 0 Å². The average Bonchev–Trinajstić information content (AvgIpc) is 1.98. The fraction of sp³-hybridized carbons (Fsp3) is 1.00. The van der Waals surface area contributed by atoms with Crippen molar-refractivity contribution < 1.29 is 0 Å². The van der Waals surface area contributed by atoms with Gasteiger partial charge in [0, 0.05) is 5.54 Å². The molecule has 0 aromatic rings. The molecule has 74 valence electrons. The highest BCUT2D eigenvalue weighted by molar-refractivity contribution is 4.77. The first kappa shape index (κ1) is 11.9. The summed E-state index contributed by atoms with van der Waals surface area (Å²) in [7, 11) is 0. The molecule has 0 bridgehead atoms. The molecule has 3 heteroatoms. The van der Waals surface area contributed by atoms with E-state index < -0.39 is 0 Å². The van der Waals surface area contributed by atoms with Crippen LogP contribution >= 0.6 is 0 Å². The van der Waals surface area contributed by atoms with Crippen LogP contribution in [0.4, 0.5) is 0 Å². The van der Waals surface area contributed by atoms with Crippen LogP contribution in [0.15, 0.2) is 0 Å². The lowest BCUT2D eigenvalue weighted by Crippen LogP contribution is -2.41. The van der Waals surface area contributed by atoms with Crippen LogP contribution in [0.1, 0.15) is 33.1 Å². The maximum atomic E-state index is 5.49. The number of nitrogens with two attached hydrogens (primary N) is 2. The minimum absolute atomic E-state index is 0.184. The van der Waals surface area contributed by atoms with Crippen molar-refractivity contribution in [1.29, 1.82) is 0 Å². The first-order valence-corrected chi connectivity index (χ1v) is 4.77. The summed E-state index contributed by atoms with van der Waals surface area (Å²) in [4.78, 5) is 0. The van der Waals surface area contributed by atoms with Crippen LogP contribution in [0, 0.1) is 0 Å². The molecule has 3 nitrogen and oxygen atoms in total. The van der Waals surface area contributed by atoms with E-state index in [1.165, 1.54) is 0 Å². The van der Waals surface area contributed by atoms with Gasteiger partial charge < -0.3 is 16.8 Å². The van der Waals surface area contributed by atoms with Gasteiger partial charge in [-0.15, -0.1) is 0 Å². The highest BCUT2D eigenvalue weighted by Gasteiger charge is 2.14. The van der Waals surface area contributed by atoms with Crippen molar-refractivity contribution in [2.24, 2.45) is 11.5 Å². The van der Waals surface area contributed by atoms with E-state index in [4.69, 9.17) is 11.5 Å². The molecule has 0 radical (unpaired) electrons. The summed E-state index contributed by atoms with van der Waals surface area (Å²) in [6.45, 7) is 6.95. The molecule has 0 rings (SSSR count). The molecule has 0 saturated heterocycles. The van der Waals surface area contributed by atoms with Gasteiger partial charge >= 0.3 is 0 Å². The summed E-state index contributed by atoms with van der Waals surface area (Å²) in [6.07, 6.45) is 3.28. The van der Waals surface area contributed by atoms with Crippen molar-refractivity contribution in [2.45, 2.75) is 38.6 Å². The van der Waals surface area contributed by atoms with Crippen LogP contribution < -0.4 is 16.8 Å². The van der Waals surface area contributed by atoms with Crippen molar-refractivity contribution in [3.63, 3.8) is 0 Å². The maximum absolute atomic E-state index is 5.49. The van der Waals surface area contributed by atoms with Gasteiger partial charge in [-0.3, -0.25) is 0 Å². The lowest BCUT2D eigenvalue weighted by atomic mass is 10.0. The van der Waals surface area contributed by atoms with E-state index in [0.717, 1.165) is 38.9 Å². The van der Waals surface area contributed by atoms with Crippen LogP contribution in [0.3, 0.4) is 0 Å². The minimum Gasteiger partial charge on any atom is -0.330 e. The highest BCUT2D eigenvalue weighted by Crippen LogP contribution is 2.06. The number of hydrogen-bond donors (Lipinski definition) is 3. The Balaban J connectivity index is 3.33. The van der Waals surface area contributed by atoms with Crippen LogP contribution in [0.25, 0.3) is 0 Å². The first-order valence-electron chi connectivity index (χ1n) is 4.77. The van der Waals surface area contributed by atoms with E-state index >= 15 is 0 Å². The number of nitrogens with one attached hydrogen (secondary N) is 1. The molecule has 0 aliphatic heterocycles. The molecule has 0 spiro atoms. The molecular weight excluding hydrogens is 150 g/mol. The molecule has 0 unspecified atom stereocenters. The Morgan fingerprint density at radius 2 is 1.75 bits per heavy atom. The van der Waals surface area contributed by atoms with Gasteiger partial charge in [0.2, 0.25) is 0 Å². The van der Waals surface area contributed by atoms with E-state index in [0.29, 0.717) is 0 Å². The molecule has 0 amide bonds. The monoisotopic (exact) mass is 173 g/mol. The Bertz CT molecular complexity index is 102. The molecular formula is C9H23N3. The molecule has 0 saturated carbocycles. The molecule has 0 aromatic carbocycles. The zero-order chi connectivity index (χ0) is 9.45. The standard InChI is InChI=1S/C9H23N3/c1-9(2,5-7-11)12-8-4-3-6-10/h12H,3-8,10-11H2,1-2H3. The summed E-state index contributed by atoms with van der Waals surface area (Å²) >= 11 is 0. The van der Waals surface area contributed by atoms with Crippen LogP contribution in [-0.2, 0) is 0 Å². The number of rotatable bonds is 7. The van der Waals surface area contributed by atoms with Gasteiger partial charge in [0.15, 0.2) is 0 Å². The molecule has 0 aliphatic carbocycles. The summed E-state index contributed by atoms with van der Waals surface area (Å²) in [6, 6.07) is 0. The Labute approximate surface area is 75.9 Å². The Hall–Kier alpha value is -0.120. The molecule has 0 heterocycles. The molecule has 5 N–H and O–H groups in total. The SMILES string of the molecule is CC(C)(CCN)NCCCCN. The molecule has 0 aromatic heterocycles. The molecule has 0 fully saturated rings. The molecule has 0 aliphatic rings. The summed E-state index contributed by atoms with van der Waals surface area (Å²) < 4.78 is 0. The first-order chi connectivity index (χ1) is 5.62. The fourth-order valence-electron chi connectivity index (χ4n) is 1.15. The largest absolute Gasteiger partial charge is 0.330 e. The van der Waals surface area contributed by atoms with Gasteiger partial charge in [-0.25, -0.2) is 0 Å². The normalized spacial score (nSPS) is 12.0. The van der Waals surface area contributed by atoms with Crippen molar-refractivity contribution in [3.05, 3.63) is 0 Å². The van der Waals surface area contributed by atoms with Crippen molar-refractivity contribution in [3.8, 4) is 0 Å². The maximum Gasteiger partial charge on any atom is 0.0137 e. The second-order valence-electron chi connectivity index (χ2n) is 3.85. The third-order valence-electron chi connectivity index (χ3n) is 2.00. The van der Waals surface area contributed by atoms with E-state index in [2.05, 4.69) is 19.2 Å². The van der Waals surface area contributed by atoms with Crippen LogP contribution in [0.2, 0.25) is 0 Å². The van der Waals surface area contributed by atoms with Gasteiger partial charge in [-0.1, -0.05) is 0 Å². The van der Waals surface area contributed by atoms with E-state index in [9.17, 15) is 0 Å². The summed E-state index contributed by atoms with van der Waals surface area (Å²) in [5.41, 5.74) is 11.1. The Morgan fingerprint density at radius 1 is 1.08 bits per heavy atom. The third-order valence-corrected chi connectivity index (χ3v) is 2.00. The van der Waals surface area contributed by atoms with Gasteiger partial charge in [-0.05, 0) is 52.7 Å². The van der Waals surface area contributed by atoms with Gasteiger partial charge in [-0.2, -0.15) is 0 Å². The lowest BCUT2D eigenvalue weighted by Gasteiger charge is -2.25. The van der Waals surface area contributed by atoms with Crippen molar-refractivity contribution in [2.75, 3.05) is 19.6 Å². The second kappa shape index (κ2) is 6.40. The zero-order valence-electron chi connectivity index (χ0n) is 8.40. The number of unbranched alkanes of at least 4 members (excludes halogenated alkanes) is 1. The van der Waals surface area contributed by atoms with Gasteiger partial charge in [0.05, 0.1) is 0 Å². The van der Waals surface area contributed by atoms with Crippen LogP contribution in [-0.4, -0.2) is 25.2 Å². The Kier molecular flexibility index (Phi) is 6.34. The minimum atomic E-state index is 0.184. The van der Waals surface area contributed by atoms with Gasteiger partial charge in [0.25, 0.3) is 0 Å². The van der Waals surface area contributed by atoms with Crippen molar-refractivity contribution in [1.82, 2.24) is 5.32 Å². The Morgan fingerprint density at radius 3 is 2.25 bits per heavy atom. The fourth-order valence-corrected chi connectivity index (χ4v) is 1.15. The molecule has 0 atom stereocenters. The molecule has 12 heavy (non-hydrogen) atoms. The van der Waals surface area contributed by atoms with Gasteiger partial charge in [0.1, 0.15) is 0 Å².